The van der Waals surface area contributed by atoms with Gasteiger partial charge in [0, 0.05) is 19.6 Å². The van der Waals surface area contributed by atoms with E-state index in [0.717, 1.165) is 45.3 Å². The van der Waals surface area contributed by atoms with Crippen LogP contribution in [-0.2, 0) is 11.2 Å². The van der Waals surface area contributed by atoms with Crippen LogP contribution < -0.4 is 0 Å². The second-order valence-electron chi connectivity index (χ2n) is 8.69. The molecule has 0 aliphatic carbocycles. The molecule has 1 aromatic carbocycles. The molecule has 1 saturated heterocycles. The van der Waals surface area contributed by atoms with Gasteiger partial charge in [-0.1, -0.05) is 30.3 Å². The zero-order valence-electron chi connectivity index (χ0n) is 16.5. The van der Waals surface area contributed by atoms with E-state index in [0.29, 0.717) is 0 Å². The second kappa shape index (κ2) is 8.22. The number of rotatable bonds is 5. The summed E-state index contributed by atoms with van der Waals surface area (Å²) >= 11 is 0. The number of ether oxygens (including phenoxy) is 1. The van der Waals surface area contributed by atoms with Crippen LogP contribution in [0.5, 0.6) is 0 Å². The van der Waals surface area contributed by atoms with Crippen LogP contribution in [0.3, 0.4) is 0 Å². The monoisotopic (exact) mass is 346 g/mol. The van der Waals surface area contributed by atoms with Crippen molar-refractivity contribution in [3.05, 3.63) is 35.9 Å². The minimum absolute atomic E-state index is 0.172. The van der Waals surface area contributed by atoms with Gasteiger partial charge < -0.3 is 14.5 Å². The molecule has 0 aromatic heterocycles. The quantitative estimate of drug-likeness (QED) is 0.801. The standard InChI is InChI=1S/C21H34N2O2/c1-20(2,3)25-19(24)23-15-13-21(14-16-23,17-22(4)5)12-11-18-9-7-6-8-10-18/h6-10H,11-17H2,1-5H3. The second-order valence-corrected chi connectivity index (χ2v) is 8.69. The number of hydrogen-bond donors (Lipinski definition) is 0. The first-order valence-corrected chi connectivity index (χ1v) is 9.36. The fourth-order valence-electron chi connectivity index (χ4n) is 3.70. The van der Waals surface area contributed by atoms with Crippen LogP contribution in [0, 0.1) is 5.41 Å². The number of likely N-dealkylation sites (tertiary alicyclic amines) is 1. The van der Waals surface area contributed by atoms with Gasteiger partial charge in [-0.25, -0.2) is 4.79 Å². The third-order valence-corrected chi connectivity index (χ3v) is 4.91. The Morgan fingerprint density at radius 1 is 1.16 bits per heavy atom. The van der Waals surface area contributed by atoms with Gasteiger partial charge in [-0.2, -0.15) is 0 Å². The number of carbonyl (C=O) groups is 1. The molecule has 0 radical (unpaired) electrons. The van der Waals surface area contributed by atoms with Gasteiger partial charge in [0.2, 0.25) is 0 Å². The highest BCUT2D eigenvalue weighted by Gasteiger charge is 2.37. The first-order valence-electron chi connectivity index (χ1n) is 9.36. The summed E-state index contributed by atoms with van der Waals surface area (Å²) in [5.74, 6) is 0. The summed E-state index contributed by atoms with van der Waals surface area (Å²) < 4.78 is 5.53. The van der Waals surface area contributed by atoms with Gasteiger partial charge in [0.1, 0.15) is 5.60 Å². The van der Waals surface area contributed by atoms with E-state index in [2.05, 4.69) is 49.3 Å². The van der Waals surface area contributed by atoms with Crippen molar-refractivity contribution in [2.45, 2.75) is 52.1 Å². The number of nitrogens with zero attached hydrogens (tertiary/aromatic N) is 2. The molecule has 0 atom stereocenters. The van der Waals surface area contributed by atoms with Gasteiger partial charge in [0.15, 0.2) is 0 Å². The van der Waals surface area contributed by atoms with E-state index < -0.39 is 5.60 Å². The fraction of sp³-hybridized carbons (Fsp3) is 0.667. The van der Waals surface area contributed by atoms with Crippen LogP contribution >= 0.6 is 0 Å². The van der Waals surface area contributed by atoms with E-state index in [1.54, 1.807) is 0 Å². The molecule has 0 spiro atoms. The van der Waals surface area contributed by atoms with Crippen molar-refractivity contribution in [1.82, 2.24) is 9.80 Å². The van der Waals surface area contributed by atoms with Gasteiger partial charge in [-0.15, -0.1) is 0 Å². The molecule has 1 aliphatic rings. The third kappa shape index (κ3) is 6.35. The first-order chi connectivity index (χ1) is 11.7. The minimum atomic E-state index is -0.428. The molecule has 140 valence electrons. The molecule has 4 nitrogen and oxygen atoms in total. The van der Waals surface area contributed by atoms with Gasteiger partial charge in [0.05, 0.1) is 0 Å². The molecule has 1 heterocycles. The van der Waals surface area contributed by atoms with Crippen molar-refractivity contribution in [3.8, 4) is 0 Å². The average molecular weight is 347 g/mol. The molecule has 1 aliphatic heterocycles. The Hall–Kier alpha value is -1.55. The SMILES string of the molecule is CN(C)CC1(CCc2ccccc2)CCN(C(=O)OC(C)(C)C)CC1. The largest absolute Gasteiger partial charge is 0.444 e. The highest BCUT2D eigenvalue weighted by atomic mass is 16.6. The first kappa shape index (κ1) is 19.8. The van der Waals surface area contributed by atoms with E-state index >= 15 is 0 Å². The number of benzene rings is 1. The Labute approximate surface area is 153 Å². The lowest BCUT2D eigenvalue weighted by atomic mass is 9.74. The van der Waals surface area contributed by atoms with E-state index in [9.17, 15) is 4.79 Å². The third-order valence-electron chi connectivity index (χ3n) is 4.91. The van der Waals surface area contributed by atoms with Crippen molar-refractivity contribution in [2.75, 3.05) is 33.7 Å². The van der Waals surface area contributed by atoms with E-state index in [1.807, 2.05) is 25.7 Å². The van der Waals surface area contributed by atoms with Crippen LogP contribution in [0.4, 0.5) is 4.79 Å². The number of aryl methyl sites for hydroxylation is 1. The lowest BCUT2D eigenvalue weighted by molar-refractivity contribution is 0.00530. The van der Waals surface area contributed by atoms with Gasteiger partial charge in [-0.05, 0) is 71.5 Å². The van der Waals surface area contributed by atoms with Crippen molar-refractivity contribution < 1.29 is 9.53 Å². The summed E-state index contributed by atoms with van der Waals surface area (Å²) in [6.07, 6.45) is 4.17. The highest BCUT2D eigenvalue weighted by Crippen LogP contribution is 2.37. The van der Waals surface area contributed by atoms with Crippen molar-refractivity contribution in [3.63, 3.8) is 0 Å². The molecule has 1 fully saturated rings. The maximum absolute atomic E-state index is 12.3. The van der Waals surface area contributed by atoms with E-state index in [4.69, 9.17) is 4.74 Å². The van der Waals surface area contributed by atoms with Gasteiger partial charge in [-0.3, -0.25) is 0 Å². The Morgan fingerprint density at radius 3 is 2.28 bits per heavy atom. The van der Waals surface area contributed by atoms with E-state index in [1.165, 1.54) is 5.56 Å². The summed E-state index contributed by atoms with van der Waals surface area (Å²) in [6, 6.07) is 10.7. The normalized spacial score (nSPS) is 17.6. The molecule has 1 amide bonds. The molecule has 0 bridgehead atoms. The molecule has 1 aromatic rings. The molecule has 25 heavy (non-hydrogen) atoms. The maximum Gasteiger partial charge on any atom is 0.410 e. The average Bonchev–Trinajstić information content (AvgIpc) is 2.52. The van der Waals surface area contributed by atoms with Crippen LogP contribution in [-0.4, -0.2) is 55.2 Å². The lowest BCUT2D eigenvalue weighted by Gasteiger charge is -2.43. The van der Waals surface area contributed by atoms with E-state index in [-0.39, 0.29) is 11.5 Å². The summed E-state index contributed by atoms with van der Waals surface area (Å²) in [4.78, 5) is 16.5. The number of piperidine rings is 1. The Balaban J connectivity index is 1.96. The van der Waals surface area contributed by atoms with Crippen molar-refractivity contribution in [2.24, 2.45) is 5.41 Å². The topological polar surface area (TPSA) is 32.8 Å². The molecule has 4 heteroatoms. The Morgan fingerprint density at radius 2 is 1.76 bits per heavy atom. The molecule has 2 rings (SSSR count). The Kier molecular flexibility index (Phi) is 6.50. The molecule has 0 N–H and O–H groups in total. The van der Waals surface area contributed by atoms with Crippen LogP contribution in [0.15, 0.2) is 30.3 Å². The van der Waals surface area contributed by atoms with Gasteiger partial charge in [0.25, 0.3) is 0 Å². The number of hydrogen-bond acceptors (Lipinski definition) is 3. The Bertz CT molecular complexity index is 541. The minimum Gasteiger partial charge on any atom is -0.444 e. The summed E-state index contributed by atoms with van der Waals surface area (Å²) in [7, 11) is 4.29. The maximum atomic E-state index is 12.3. The van der Waals surface area contributed by atoms with Crippen molar-refractivity contribution in [1.29, 1.82) is 0 Å². The molecule has 0 saturated carbocycles. The predicted molar refractivity (Wildman–Crippen MR) is 103 cm³/mol. The zero-order valence-corrected chi connectivity index (χ0v) is 16.5. The number of carbonyl (C=O) groups excluding carboxylic acids is 1. The predicted octanol–water partition coefficient (Wildman–Crippen LogP) is 4.20. The van der Waals surface area contributed by atoms with Crippen LogP contribution in [0.2, 0.25) is 0 Å². The zero-order chi connectivity index (χ0) is 18.5. The molecular weight excluding hydrogens is 312 g/mol. The lowest BCUT2D eigenvalue weighted by Crippen LogP contribution is -2.48. The summed E-state index contributed by atoms with van der Waals surface area (Å²) in [5.41, 5.74) is 1.25. The summed E-state index contributed by atoms with van der Waals surface area (Å²) in [5, 5.41) is 0. The molecule has 0 unspecified atom stereocenters. The number of amides is 1. The highest BCUT2D eigenvalue weighted by molar-refractivity contribution is 5.68. The van der Waals surface area contributed by atoms with Gasteiger partial charge >= 0.3 is 6.09 Å². The smallest absolute Gasteiger partial charge is 0.410 e. The van der Waals surface area contributed by atoms with Crippen LogP contribution in [0.25, 0.3) is 0 Å². The van der Waals surface area contributed by atoms with Crippen molar-refractivity contribution >= 4 is 6.09 Å². The summed E-state index contributed by atoms with van der Waals surface area (Å²) in [6.45, 7) is 8.41. The molecular formula is C21H34N2O2. The van der Waals surface area contributed by atoms with Crippen LogP contribution in [0.1, 0.15) is 45.6 Å². The fourth-order valence-corrected chi connectivity index (χ4v) is 3.70.